The molecule has 0 saturated heterocycles. The quantitative estimate of drug-likeness (QED) is 0.812. The zero-order valence-electron chi connectivity index (χ0n) is 9.80. The summed E-state index contributed by atoms with van der Waals surface area (Å²) in [5.74, 6) is 3.48. The van der Waals surface area contributed by atoms with Gasteiger partial charge in [-0.25, -0.2) is 0 Å². The summed E-state index contributed by atoms with van der Waals surface area (Å²) in [4.78, 5) is 0. The van der Waals surface area contributed by atoms with E-state index in [1.54, 1.807) is 11.8 Å². The average Bonchev–Trinajstić information content (AvgIpc) is 2.97. The Morgan fingerprint density at radius 2 is 2.29 bits per heavy atom. The van der Waals surface area contributed by atoms with Crippen molar-refractivity contribution >= 4 is 11.8 Å². The number of aromatic nitrogens is 4. The maximum Gasteiger partial charge on any atom is 0.191 e. The first-order valence-corrected chi connectivity index (χ1v) is 6.72. The largest absolute Gasteiger partial charge is 0.464 e. The van der Waals surface area contributed by atoms with Crippen molar-refractivity contribution in [3.8, 4) is 0 Å². The Morgan fingerprint density at radius 1 is 1.47 bits per heavy atom. The molecule has 7 heteroatoms. The number of furan rings is 1. The lowest BCUT2D eigenvalue weighted by Crippen LogP contribution is -2.19. The van der Waals surface area contributed by atoms with Crippen LogP contribution in [-0.2, 0) is 12.3 Å². The predicted octanol–water partition coefficient (Wildman–Crippen LogP) is 1.51. The van der Waals surface area contributed by atoms with Gasteiger partial charge in [0, 0.05) is 0 Å². The van der Waals surface area contributed by atoms with Crippen LogP contribution in [0.15, 0.2) is 16.5 Å². The fourth-order valence-corrected chi connectivity index (χ4v) is 1.87. The summed E-state index contributed by atoms with van der Waals surface area (Å²) in [5, 5.41) is 17.1. The van der Waals surface area contributed by atoms with Crippen molar-refractivity contribution in [3.05, 3.63) is 29.5 Å². The van der Waals surface area contributed by atoms with E-state index in [0.29, 0.717) is 12.4 Å². The lowest BCUT2D eigenvalue weighted by molar-refractivity contribution is 0.437. The highest BCUT2D eigenvalue weighted by atomic mass is 32.2. The second kappa shape index (κ2) is 5.83. The van der Waals surface area contributed by atoms with E-state index in [1.165, 1.54) is 0 Å². The molecule has 0 aliphatic carbocycles. The van der Waals surface area contributed by atoms with Gasteiger partial charge in [-0.15, -0.1) is 10.2 Å². The Morgan fingerprint density at radius 3 is 3.00 bits per heavy atom. The summed E-state index contributed by atoms with van der Waals surface area (Å²) in [6.45, 7) is 2.64. The highest BCUT2D eigenvalue weighted by Crippen LogP contribution is 2.14. The Hall–Kier alpha value is -1.34. The van der Waals surface area contributed by atoms with Crippen molar-refractivity contribution in [2.45, 2.75) is 25.3 Å². The standard InChI is InChI=1S/C10H15N5OS/c1-7(10-12-14-15-13-10)11-5-8-3-4-9(16-8)6-17-2/h3-4,7,11H,5-6H2,1-2H3,(H,12,13,14,15). The van der Waals surface area contributed by atoms with Gasteiger partial charge in [-0.3, -0.25) is 0 Å². The summed E-state index contributed by atoms with van der Waals surface area (Å²) >= 11 is 1.74. The fourth-order valence-electron chi connectivity index (χ4n) is 1.44. The SMILES string of the molecule is CSCc1ccc(CNC(C)c2nn[nH]n2)o1. The molecule has 2 rings (SSSR count). The number of hydrogen-bond donors (Lipinski definition) is 2. The second-order valence-corrected chi connectivity index (χ2v) is 4.54. The van der Waals surface area contributed by atoms with E-state index in [4.69, 9.17) is 4.42 Å². The van der Waals surface area contributed by atoms with Crippen molar-refractivity contribution in [2.75, 3.05) is 6.26 Å². The van der Waals surface area contributed by atoms with Gasteiger partial charge in [-0.05, 0) is 25.3 Å². The van der Waals surface area contributed by atoms with Crippen LogP contribution in [0.4, 0.5) is 0 Å². The molecule has 2 heterocycles. The summed E-state index contributed by atoms with van der Waals surface area (Å²) < 4.78 is 5.64. The average molecular weight is 253 g/mol. The third-order valence-corrected chi connectivity index (χ3v) is 2.91. The minimum absolute atomic E-state index is 0.0443. The Balaban J connectivity index is 1.84. The Kier molecular flexibility index (Phi) is 4.16. The molecule has 17 heavy (non-hydrogen) atoms. The van der Waals surface area contributed by atoms with Gasteiger partial charge in [0.15, 0.2) is 5.82 Å². The molecule has 0 saturated carbocycles. The van der Waals surface area contributed by atoms with Gasteiger partial charge >= 0.3 is 0 Å². The van der Waals surface area contributed by atoms with Crippen molar-refractivity contribution in [1.29, 1.82) is 0 Å². The van der Waals surface area contributed by atoms with Gasteiger partial charge < -0.3 is 9.73 Å². The topological polar surface area (TPSA) is 79.6 Å². The lowest BCUT2D eigenvalue weighted by atomic mass is 10.3. The van der Waals surface area contributed by atoms with E-state index >= 15 is 0 Å². The fraction of sp³-hybridized carbons (Fsp3) is 0.500. The summed E-state index contributed by atoms with van der Waals surface area (Å²) in [5.41, 5.74) is 0. The third-order valence-electron chi connectivity index (χ3n) is 2.34. The Labute approximate surface area is 104 Å². The van der Waals surface area contributed by atoms with Crippen molar-refractivity contribution in [2.24, 2.45) is 0 Å². The molecule has 92 valence electrons. The molecule has 6 nitrogen and oxygen atoms in total. The van der Waals surface area contributed by atoms with Gasteiger partial charge in [0.1, 0.15) is 11.5 Å². The monoisotopic (exact) mass is 253 g/mol. The summed E-state index contributed by atoms with van der Waals surface area (Å²) in [6.07, 6.45) is 2.05. The molecule has 2 aromatic rings. The van der Waals surface area contributed by atoms with Crippen LogP contribution in [0.25, 0.3) is 0 Å². The molecule has 0 amide bonds. The number of nitrogens with zero attached hydrogens (tertiary/aromatic N) is 3. The van der Waals surface area contributed by atoms with E-state index in [1.807, 2.05) is 19.1 Å². The van der Waals surface area contributed by atoms with Crippen LogP contribution >= 0.6 is 11.8 Å². The first kappa shape index (κ1) is 12.1. The number of aromatic amines is 1. The van der Waals surface area contributed by atoms with E-state index in [-0.39, 0.29) is 6.04 Å². The lowest BCUT2D eigenvalue weighted by Gasteiger charge is -2.07. The van der Waals surface area contributed by atoms with Gasteiger partial charge in [0.2, 0.25) is 0 Å². The molecule has 1 unspecified atom stereocenters. The van der Waals surface area contributed by atoms with Crippen molar-refractivity contribution in [3.63, 3.8) is 0 Å². The number of nitrogens with one attached hydrogen (secondary N) is 2. The summed E-state index contributed by atoms with van der Waals surface area (Å²) in [7, 11) is 0. The van der Waals surface area contributed by atoms with Gasteiger partial charge in [-0.2, -0.15) is 17.0 Å². The molecule has 0 spiro atoms. The van der Waals surface area contributed by atoms with Gasteiger partial charge in [0.25, 0.3) is 0 Å². The molecule has 0 aliphatic heterocycles. The Bertz CT molecular complexity index is 441. The van der Waals surface area contributed by atoms with E-state index < -0.39 is 0 Å². The molecule has 0 radical (unpaired) electrons. The molecule has 2 aromatic heterocycles. The number of thioether (sulfide) groups is 1. The van der Waals surface area contributed by atoms with Gasteiger partial charge in [-0.1, -0.05) is 5.21 Å². The zero-order chi connectivity index (χ0) is 12.1. The van der Waals surface area contributed by atoms with Crippen molar-refractivity contribution in [1.82, 2.24) is 25.9 Å². The van der Waals surface area contributed by atoms with Crippen molar-refractivity contribution < 1.29 is 4.42 Å². The number of rotatable bonds is 6. The van der Waals surface area contributed by atoms with Crippen LogP contribution in [0.3, 0.4) is 0 Å². The molecule has 0 fully saturated rings. The van der Waals surface area contributed by atoms with Crippen LogP contribution in [0, 0.1) is 0 Å². The van der Waals surface area contributed by atoms with Crippen LogP contribution in [0.1, 0.15) is 30.3 Å². The second-order valence-electron chi connectivity index (χ2n) is 3.67. The first-order chi connectivity index (χ1) is 8.29. The first-order valence-electron chi connectivity index (χ1n) is 5.33. The van der Waals surface area contributed by atoms with E-state index in [0.717, 1.165) is 17.3 Å². The zero-order valence-corrected chi connectivity index (χ0v) is 10.6. The molecule has 2 N–H and O–H groups in total. The van der Waals surface area contributed by atoms with Gasteiger partial charge in [0.05, 0.1) is 18.3 Å². The number of tetrazole rings is 1. The minimum Gasteiger partial charge on any atom is -0.464 e. The highest BCUT2D eigenvalue weighted by molar-refractivity contribution is 7.97. The van der Waals surface area contributed by atoms with E-state index in [2.05, 4.69) is 32.2 Å². The highest BCUT2D eigenvalue weighted by Gasteiger charge is 2.10. The summed E-state index contributed by atoms with van der Waals surface area (Å²) in [6, 6.07) is 4.04. The molecular weight excluding hydrogens is 238 g/mol. The van der Waals surface area contributed by atoms with Crippen LogP contribution in [0.2, 0.25) is 0 Å². The smallest absolute Gasteiger partial charge is 0.191 e. The predicted molar refractivity (Wildman–Crippen MR) is 65.4 cm³/mol. The number of hydrogen-bond acceptors (Lipinski definition) is 6. The molecular formula is C10H15N5OS. The van der Waals surface area contributed by atoms with E-state index in [9.17, 15) is 0 Å². The normalized spacial score (nSPS) is 12.8. The van der Waals surface area contributed by atoms with Crippen LogP contribution in [0.5, 0.6) is 0 Å². The maximum atomic E-state index is 5.64. The van der Waals surface area contributed by atoms with Crippen LogP contribution < -0.4 is 5.32 Å². The number of H-pyrrole nitrogens is 1. The van der Waals surface area contributed by atoms with Crippen LogP contribution in [-0.4, -0.2) is 26.9 Å². The maximum absolute atomic E-state index is 5.64. The molecule has 0 aromatic carbocycles. The molecule has 0 aliphatic rings. The molecule has 0 bridgehead atoms. The third kappa shape index (κ3) is 3.31. The molecule has 1 atom stereocenters. The minimum atomic E-state index is 0.0443.